The number of hydrogen-bond acceptors (Lipinski definition) is 2. The zero-order valence-corrected chi connectivity index (χ0v) is 6.34. The lowest BCUT2D eigenvalue weighted by atomic mass is 10.4. The van der Waals surface area contributed by atoms with Gasteiger partial charge in [0.25, 0.3) is 0 Å². The van der Waals surface area contributed by atoms with Crippen LogP contribution in [0.3, 0.4) is 0 Å². The minimum atomic E-state index is -4.28. The van der Waals surface area contributed by atoms with Crippen LogP contribution in [0.5, 0.6) is 5.75 Å². The molecule has 0 saturated carbocycles. The topological polar surface area (TPSA) is 9.23 Å². The molecule has 0 fully saturated rings. The fraction of sp³-hybridized carbons (Fsp3) is 0.333. The van der Waals surface area contributed by atoms with E-state index < -0.39 is 11.1 Å². The van der Waals surface area contributed by atoms with Crippen molar-refractivity contribution < 1.29 is 17.9 Å². The predicted molar refractivity (Wildman–Crippen MR) is 34.7 cm³/mol. The third-order valence-electron chi connectivity index (χ3n) is 1.02. The van der Waals surface area contributed by atoms with Gasteiger partial charge in [-0.25, -0.2) is 0 Å². The fourth-order valence-corrected chi connectivity index (χ4v) is 1.16. The molecule has 61 valence electrons. The molecule has 1 rings (SSSR count). The van der Waals surface area contributed by atoms with Gasteiger partial charge in [-0.3, -0.25) is 0 Å². The maximum absolute atomic E-state index is 11.9. The third-order valence-corrected chi connectivity index (χ3v) is 1.90. The van der Waals surface area contributed by atoms with Gasteiger partial charge < -0.3 is 4.74 Å². The SMILES string of the molecule is COc1[c]sc(C(F)(F)F)c1. The van der Waals surface area contributed by atoms with E-state index in [-0.39, 0.29) is 5.75 Å². The molecular weight excluding hydrogens is 177 g/mol. The number of alkyl halides is 3. The molecule has 1 aromatic heterocycles. The van der Waals surface area contributed by atoms with Gasteiger partial charge in [0.2, 0.25) is 0 Å². The summed E-state index contributed by atoms with van der Waals surface area (Å²) >= 11 is 0.506. The molecular formula is C6H4F3OS. The minimum absolute atomic E-state index is 0.127. The molecule has 0 aliphatic heterocycles. The Bertz CT molecular complexity index is 240. The smallest absolute Gasteiger partial charge is 0.425 e. The van der Waals surface area contributed by atoms with Crippen molar-refractivity contribution in [2.24, 2.45) is 0 Å². The molecule has 0 aliphatic carbocycles. The highest BCUT2D eigenvalue weighted by Crippen LogP contribution is 2.35. The van der Waals surface area contributed by atoms with Crippen LogP contribution in [0.4, 0.5) is 13.2 Å². The molecule has 1 nitrogen and oxygen atoms in total. The molecule has 0 amide bonds. The van der Waals surface area contributed by atoms with Crippen LogP contribution in [-0.4, -0.2) is 7.11 Å². The van der Waals surface area contributed by atoms with Gasteiger partial charge in [-0.2, -0.15) is 13.2 Å². The van der Waals surface area contributed by atoms with E-state index in [1.807, 2.05) is 0 Å². The van der Waals surface area contributed by atoms with Gasteiger partial charge in [0, 0.05) is 6.07 Å². The average Bonchev–Trinajstić information content (AvgIpc) is 2.32. The van der Waals surface area contributed by atoms with Gasteiger partial charge in [-0.1, -0.05) is 0 Å². The van der Waals surface area contributed by atoms with E-state index in [1.165, 1.54) is 7.11 Å². The molecule has 0 unspecified atom stereocenters. The number of rotatable bonds is 1. The first-order valence-electron chi connectivity index (χ1n) is 2.66. The maximum atomic E-state index is 11.9. The van der Waals surface area contributed by atoms with Crippen LogP contribution < -0.4 is 4.74 Å². The Kier molecular flexibility index (Phi) is 2.08. The normalized spacial score (nSPS) is 11.6. The van der Waals surface area contributed by atoms with Gasteiger partial charge in [0.15, 0.2) is 0 Å². The van der Waals surface area contributed by atoms with Gasteiger partial charge in [0.05, 0.1) is 12.5 Å². The molecule has 0 aromatic carbocycles. The summed E-state index contributed by atoms with van der Waals surface area (Å²) in [5, 5.41) is 2.36. The molecule has 0 spiro atoms. The summed E-state index contributed by atoms with van der Waals surface area (Å²) in [7, 11) is 1.30. The van der Waals surface area contributed by atoms with Crippen LogP contribution in [0.25, 0.3) is 0 Å². The largest absolute Gasteiger partial charge is 0.495 e. The molecule has 1 heterocycles. The summed E-state index contributed by atoms with van der Waals surface area (Å²) in [6, 6.07) is 0.921. The van der Waals surface area contributed by atoms with E-state index in [2.05, 4.69) is 10.1 Å². The van der Waals surface area contributed by atoms with E-state index in [4.69, 9.17) is 0 Å². The Balaban J connectivity index is 2.89. The van der Waals surface area contributed by atoms with Crippen LogP contribution in [-0.2, 0) is 6.18 Å². The van der Waals surface area contributed by atoms with E-state index in [1.54, 1.807) is 0 Å². The summed E-state index contributed by atoms with van der Waals surface area (Å²) in [6.45, 7) is 0. The number of methoxy groups -OCH3 is 1. The van der Waals surface area contributed by atoms with Gasteiger partial charge in [-0.15, -0.1) is 11.3 Å². The van der Waals surface area contributed by atoms with Crippen LogP contribution in [0, 0.1) is 5.38 Å². The van der Waals surface area contributed by atoms with E-state index in [9.17, 15) is 13.2 Å². The van der Waals surface area contributed by atoms with E-state index in [0.717, 1.165) is 6.07 Å². The second-order valence-corrected chi connectivity index (χ2v) is 2.63. The molecule has 0 saturated heterocycles. The second kappa shape index (κ2) is 2.73. The summed E-state index contributed by atoms with van der Waals surface area (Å²) < 4.78 is 40.2. The van der Waals surface area contributed by atoms with Gasteiger partial charge in [0.1, 0.15) is 10.6 Å². The van der Waals surface area contributed by atoms with Crippen molar-refractivity contribution in [1.82, 2.24) is 0 Å². The summed E-state index contributed by atoms with van der Waals surface area (Å²) in [5.74, 6) is 0.127. The highest BCUT2D eigenvalue weighted by Gasteiger charge is 2.32. The molecule has 0 aliphatic rings. The Morgan fingerprint density at radius 1 is 1.55 bits per heavy atom. The third kappa shape index (κ3) is 1.86. The highest BCUT2D eigenvalue weighted by molar-refractivity contribution is 7.09. The van der Waals surface area contributed by atoms with Crippen molar-refractivity contribution in [3.05, 3.63) is 16.3 Å². The summed E-state index contributed by atoms with van der Waals surface area (Å²) in [4.78, 5) is -0.686. The average molecular weight is 181 g/mol. The quantitative estimate of drug-likeness (QED) is 0.647. The first-order chi connectivity index (χ1) is 5.04. The molecule has 0 N–H and O–H groups in total. The number of ether oxygens (including phenoxy) is 1. The minimum Gasteiger partial charge on any atom is -0.495 e. The van der Waals surface area contributed by atoms with Crippen LogP contribution in [0.2, 0.25) is 0 Å². The Hall–Kier alpha value is -0.710. The molecule has 1 radical (unpaired) electrons. The van der Waals surface area contributed by atoms with Crippen molar-refractivity contribution in [3.8, 4) is 5.75 Å². The Labute approximate surface area is 65.4 Å². The van der Waals surface area contributed by atoms with Crippen molar-refractivity contribution in [1.29, 1.82) is 0 Å². The molecule has 0 atom stereocenters. The zero-order chi connectivity index (χ0) is 8.48. The maximum Gasteiger partial charge on any atom is 0.425 e. The van der Waals surface area contributed by atoms with Crippen LogP contribution >= 0.6 is 11.3 Å². The lowest BCUT2D eigenvalue weighted by Gasteiger charge is -1.99. The van der Waals surface area contributed by atoms with Crippen molar-refractivity contribution in [2.45, 2.75) is 6.18 Å². The van der Waals surface area contributed by atoms with Crippen molar-refractivity contribution >= 4 is 11.3 Å². The number of halogens is 3. The zero-order valence-electron chi connectivity index (χ0n) is 5.53. The van der Waals surface area contributed by atoms with Crippen LogP contribution in [0.1, 0.15) is 4.88 Å². The fourth-order valence-electron chi connectivity index (χ4n) is 0.524. The monoisotopic (exact) mass is 181 g/mol. The summed E-state index contributed by atoms with van der Waals surface area (Å²) in [5.41, 5.74) is 0. The van der Waals surface area contributed by atoms with Crippen LogP contribution in [0.15, 0.2) is 6.07 Å². The molecule has 5 heteroatoms. The molecule has 1 aromatic rings. The standard InChI is InChI=1S/C6H4F3OS/c1-10-4-2-5(11-3-4)6(7,8)9/h2H,1H3. The first kappa shape index (κ1) is 8.39. The molecule has 11 heavy (non-hydrogen) atoms. The van der Waals surface area contributed by atoms with E-state index >= 15 is 0 Å². The van der Waals surface area contributed by atoms with E-state index in [0.29, 0.717) is 11.3 Å². The lowest BCUT2D eigenvalue weighted by molar-refractivity contribution is -0.134. The Morgan fingerprint density at radius 2 is 2.18 bits per heavy atom. The predicted octanol–water partition coefficient (Wildman–Crippen LogP) is 2.58. The number of thiophene rings is 1. The first-order valence-corrected chi connectivity index (χ1v) is 3.48. The van der Waals surface area contributed by atoms with Crippen molar-refractivity contribution in [3.63, 3.8) is 0 Å². The van der Waals surface area contributed by atoms with Gasteiger partial charge >= 0.3 is 6.18 Å². The second-order valence-electron chi connectivity index (χ2n) is 1.78. The molecule has 0 bridgehead atoms. The van der Waals surface area contributed by atoms with Gasteiger partial charge in [-0.05, 0) is 0 Å². The summed E-state index contributed by atoms with van der Waals surface area (Å²) in [6.07, 6.45) is -4.28. The lowest BCUT2D eigenvalue weighted by Crippen LogP contribution is -2.00. The number of hydrogen-bond donors (Lipinski definition) is 0. The highest BCUT2D eigenvalue weighted by atomic mass is 32.1. The Morgan fingerprint density at radius 3 is 2.45 bits per heavy atom. The van der Waals surface area contributed by atoms with Crippen molar-refractivity contribution in [2.75, 3.05) is 7.11 Å².